The van der Waals surface area contributed by atoms with E-state index in [0.717, 1.165) is 40.5 Å². The Labute approximate surface area is 215 Å². The third-order valence-electron chi connectivity index (χ3n) is 7.87. The number of ether oxygens (including phenoxy) is 1. The van der Waals surface area contributed by atoms with Gasteiger partial charge >= 0.3 is 0 Å². The van der Waals surface area contributed by atoms with Gasteiger partial charge in [-0.2, -0.15) is 0 Å². The first-order chi connectivity index (χ1) is 17.1. The normalized spacial score (nSPS) is 23.4. The molecule has 194 valence electrons. The van der Waals surface area contributed by atoms with Gasteiger partial charge in [0.05, 0.1) is 5.76 Å². The Morgan fingerprint density at radius 2 is 1.92 bits per heavy atom. The summed E-state index contributed by atoms with van der Waals surface area (Å²) in [7, 11) is 0. The Bertz CT molecular complexity index is 1150. The first-order valence-electron chi connectivity index (χ1n) is 13.8. The fourth-order valence-corrected chi connectivity index (χ4v) is 6.09. The van der Waals surface area contributed by atoms with Gasteiger partial charge in [-0.05, 0) is 89.3 Å². The number of anilines is 1. The van der Waals surface area contributed by atoms with Crippen molar-refractivity contribution in [2.45, 2.75) is 110 Å². The van der Waals surface area contributed by atoms with Crippen molar-refractivity contribution in [3.05, 3.63) is 52.8 Å². The lowest BCUT2D eigenvalue weighted by Gasteiger charge is -2.37. The molecule has 2 saturated carbocycles. The van der Waals surface area contributed by atoms with Gasteiger partial charge in [-0.25, -0.2) is 0 Å². The molecule has 0 saturated heterocycles. The third-order valence-corrected chi connectivity index (χ3v) is 7.87. The smallest absolute Gasteiger partial charge is 0.225 e. The number of nitrogens with zero attached hydrogens (tertiary/aromatic N) is 3. The SMILES string of the molecule is Cc1ccc(NC(=O)CC(CC2=CC(C)(C)O2)c2nnc(C3CC(CC(C)C)C3)n2C2CC2)c(C)c1. The van der Waals surface area contributed by atoms with Crippen LogP contribution in [0.4, 0.5) is 5.69 Å². The van der Waals surface area contributed by atoms with Crippen molar-refractivity contribution < 1.29 is 9.53 Å². The number of hydrogen-bond acceptors (Lipinski definition) is 4. The second-order valence-corrected chi connectivity index (χ2v) is 12.5. The summed E-state index contributed by atoms with van der Waals surface area (Å²) in [6.45, 7) is 12.9. The summed E-state index contributed by atoms with van der Waals surface area (Å²) >= 11 is 0. The van der Waals surface area contributed by atoms with Crippen molar-refractivity contribution in [2.24, 2.45) is 11.8 Å². The van der Waals surface area contributed by atoms with Crippen molar-refractivity contribution >= 4 is 11.6 Å². The fourth-order valence-electron chi connectivity index (χ4n) is 6.09. The Hall–Kier alpha value is -2.63. The molecule has 2 aliphatic carbocycles. The molecule has 2 heterocycles. The van der Waals surface area contributed by atoms with Gasteiger partial charge in [-0.3, -0.25) is 4.79 Å². The quantitative estimate of drug-likeness (QED) is 0.391. The van der Waals surface area contributed by atoms with Crippen molar-refractivity contribution in [1.82, 2.24) is 14.8 Å². The number of rotatable bonds is 10. The second kappa shape index (κ2) is 9.68. The summed E-state index contributed by atoms with van der Waals surface area (Å²) in [5, 5.41) is 12.7. The highest BCUT2D eigenvalue weighted by atomic mass is 16.5. The number of aryl methyl sites for hydroxylation is 2. The lowest BCUT2D eigenvalue weighted by molar-refractivity contribution is -0.116. The molecular formula is C30H42N4O2. The van der Waals surface area contributed by atoms with Gasteiger partial charge in [0.2, 0.25) is 5.91 Å². The average molecular weight is 491 g/mol. The molecule has 0 radical (unpaired) electrons. The lowest BCUT2D eigenvalue weighted by atomic mass is 9.71. The van der Waals surface area contributed by atoms with Crippen LogP contribution >= 0.6 is 0 Å². The minimum Gasteiger partial charge on any atom is -0.488 e. The maximum Gasteiger partial charge on any atom is 0.225 e. The number of aromatic nitrogens is 3. The Balaban J connectivity index is 1.37. The summed E-state index contributed by atoms with van der Waals surface area (Å²) in [5.41, 5.74) is 2.92. The molecule has 2 aromatic rings. The standard InChI is InChI=1S/C30H42N4O2/c1-18(2)11-21-13-22(14-21)28-32-33-29(34(28)24-8-9-24)23(15-25-17-30(5,6)36-25)16-27(35)31-26-10-7-19(3)12-20(26)4/h7,10,12,17-18,21-24H,8-9,11,13-16H2,1-6H3,(H,31,35). The number of carbonyl (C=O) groups excluding carboxylic acids is 1. The zero-order valence-corrected chi connectivity index (χ0v) is 22.8. The molecule has 1 aromatic carbocycles. The van der Waals surface area contributed by atoms with Crippen molar-refractivity contribution in [2.75, 3.05) is 5.32 Å². The number of hydrogen-bond donors (Lipinski definition) is 1. The van der Waals surface area contributed by atoms with Gasteiger partial charge in [-0.1, -0.05) is 31.5 Å². The molecule has 1 aromatic heterocycles. The first kappa shape index (κ1) is 25.0. The van der Waals surface area contributed by atoms with Crippen LogP contribution in [-0.2, 0) is 9.53 Å². The monoisotopic (exact) mass is 490 g/mol. The number of nitrogens with one attached hydrogen (secondary N) is 1. The van der Waals surface area contributed by atoms with Gasteiger partial charge in [0.25, 0.3) is 0 Å². The van der Waals surface area contributed by atoms with Gasteiger partial charge in [0, 0.05) is 36.4 Å². The highest BCUT2D eigenvalue weighted by Crippen LogP contribution is 2.48. The van der Waals surface area contributed by atoms with Crippen LogP contribution in [0.1, 0.15) is 113 Å². The van der Waals surface area contributed by atoms with Crippen LogP contribution in [0.5, 0.6) is 0 Å². The van der Waals surface area contributed by atoms with Crippen molar-refractivity contribution in [3.8, 4) is 0 Å². The van der Waals surface area contributed by atoms with E-state index in [1.54, 1.807) is 0 Å². The molecule has 1 unspecified atom stereocenters. The van der Waals surface area contributed by atoms with E-state index in [9.17, 15) is 4.79 Å². The van der Waals surface area contributed by atoms with E-state index < -0.39 is 0 Å². The van der Waals surface area contributed by atoms with E-state index in [1.165, 1.54) is 37.7 Å². The highest BCUT2D eigenvalue weighted by Gasteiger charge is 2.40. The Kier molecular flexibility index (Phi) is 6.73. The van der Waals surface area contributed by atoms with E-state index in [4.69, 9.17) is 14.9 Å². The van der Waals surface area contributed by atoms with Gasteiger partial charge in [0.1, 0.15) is 17.2 Å². The zero-order valence-electron chi connectivity index (χ0n) is 22.8. The molecule has 1 N–H and O–H groups in total. The minimum absolute atomic E-state index is 0.0127. The highest BCUT2D eigenvalue weighted by molar-refractivity contribution is 5.92. The molecule has 6 heteroatoms. The maximum absolute atomic E-state index is 13.3. The topological polar surface area (TPSA) is 69.0 Å². The minimum atomic E-state index is -0.228. The molecule has 36 heavy (non-hydrogen) atoms. The first-order valence-corrected chi connectivity index (χ1v) is 13.8. The van der Waals surface area contributed by atoms with E-state index in [-0.39, 0.29) is 17.4 Å². The third kappa shape index (κ3) is 5.52. The van der Waals surface area contributed by atoms with E-state index in [1.807, 2.05) is 19.1 Å². The summed E-state index contributed by atoms with van der Waals surface area (Å²) in [6.07, 6.45) is 9.27. The maximum atomic E-state index is 13.3. The van der Waals surface area contributed by atoms with E-state index >= 15 is 0 Å². The van der Waals surface area contributed by atoms with Crippen LogP contribution in [0.2, 0.25) is 0 Å². The molecule has 3 aliphatic rings. The van der Waals surface area contributed by atoms with Gasteiger partial charge in [-0.15, -0.1) is 10.2 Å². The number of allylic oxidation sites excluding steroid dienone is 1. The molecule has 0 spiro atoms. The fraction of sp³-hybridized carbons (Fsp3) is 0.633. The summed E-state index contributed by atoms with van der Waals surface area (Å²) in [4.78, 5) is 13.3. The number of amides is 1. The van der Waals surface area contributed by atoms with E-state index in [0.29, 0.717) is 24.8 Å². The molecule has 6 nitrogen and oxygen atoms in total. The number of benzene rings is 1. The molecule has 2 fully saturated rings. The van der Waals surface area contributed by atoms with Gasteiger partial charge < -0.3 is 14.6 Å². The summed E-state index contributed by atoms with van der Waals surface area (Å²) < 4.78 is 8.45. The number of carbonyl (C=O) groups is 1. The molecule has 1 amide bonds. The van der Waals surface area contributed by atoms with Crippen LogP contribution < -0.4 is 5.32 Å². The predicted octanol–water partition coefficient (Wildman–Crippen LogP) is 6.96. The molecule has 5 rings (SSSR count). The van der Waals surface area contributed by atoms with Crippen LogP contribution in [0.25, 0.3) is 0 Å². The van der Waals surface area contributed by atoms with Crippen molar-refractivity contribution in [3.63, 3.8) is 0 Å². The average Bonchev–Trinajstić information content (AvgIpc) is 3.49. The van der Waals surface area contributed by atoms with E-state index in [2.05, 4.69) is 56.6 Å². The van der Waals surface area contributed by atoms with Gasteiger partial charge in [0.15, 0.2) is 0 Å². The Morgan fingerprint density at radius 3 is 2.53 bits per heavy atom. The largest absolute Gasteiger partial charge is 0.488 e. The Morgan fingerprint density at radius 1 is 1.19 bits per heavy atom. The molecular weight excluding hydrogens is 448 g/mol. The predicted molar refractivity (Wildman–Crippen MR) is 143 cm³/mol. The van der Waals surface area contributed by atoms with Crippen LogP contribution in [0.15, 0.2) is 30.0 Å². The molecule has 1 aliphatic heterocycles. The summed E-state index contributed by atoms with van der Waals surface area (Å²) in [6, 6.07) is 6.61. The van der Waals surface area contributed by atoms with Crippen molar-refractivity contribution in [1.29, 1.82) is 0 Å². The lowest BCUT2D eigenvalue weighted by Crippen LogP contribution is -2.32. The molecule has 0 bridgehead atoms. The second-order valence-electron chi connectivity index (χ2n) is 12.5. The zero-order chi connectivity index (χ0) is 25.6. The molecule has 1 atom stereocenters. The summed E-state index contributed by atoms with van der Waals surface area (Å²) in [5.74, 6) is 5.06. The van der Waals surface area contributed by atoms with Crippen LogP contribution in [-0.4, -0.2) is 26.3 Å². The van der Waals surface area contributed by atoms with Crippen LogP contribution in [0, 0.1) is 25.7 Å². The van der Waals surface area contributed by atoms with Crippen LogP contribution in [0.3, 0.4) is 0 Å².